The van der Waals surface area contributed by atoms with Gasteiger partial charge >= 0.3 is 0 Å². The highest BCUT2D eigenvalue weighted by atomic mass is 16.5. The molecule has 2 aromatic rings. The van der Waals surface area contributed by atoms with E-state index in [1.807, 2.05) is 6.07 Å². The molecule has 1 aromatic heterocycles. The number of para-hydroxylation sites is 2. The van der Waals surface area contributed by atoms with Crippen LogP contribution in [0.1, 0.15) is 6.92 Å². The zero-order chi connectivity index (χ0) is 13.8. The molecular weight excluding hydrogens is 252 g/mol. The van der Waals surface area contributed by atoms with E-state index in [9.17, 15) is 0 Å². The maximum Gasteiger partial charge on any atom is 0.203 e. The minimum absolute atomic E-state index is 0.852. The number of rotatable bonds is 5. The van der Waals surface area contributed by atoms with E-state index in [1.165, 1.54) is 5.52 Å². The van der Waals surface area contributed by atoms with Gasteiger partial charge in [-0.3, -0.25) is 4.90 Å². The lowest BCUT2D eigenvalue weighted by Crippen LogP contribution is -2.38. The molecule has 0 bridgehead atoms. The Morgan fingerprint density at radius 3 is 2.80 bits per heavy atom. The molecule has 1 aliphatic rings. The molecule has 1 N–H and O–H groups in total. The molecule has 0 atom stereocenters. The van der Waals surface area contributed by atoms with E-state index in [0.29, 0.717) is 0 Å². The lowest BCUT2D eigenvalue weighted by atomic mass is 10.3. The van der Waals surface area contributed by atoms with Crippen molar-refractivity contribution in [1.29, 1.82) is 0 Å². The molecule has 3 rings (SSSR count). The summed E-state index contributed by atoms with van der Waals surface area (Å²) >= 11 is 0. The molecule has 1 aliphatic heterocycles. The largest absolute Gasteiger partial charge is 0.379 e. The van der Waals surface area contributed by atoms with Crippen LogP contribution in [0, 0.1) is 0 Å². The summed E-state index contributed by atoms with van der Waals surface area (Å²) in [4.78, 5) is 7.13. The van der Waals surface area contributed by atoms with Crippen molar-refractivity contribution < 1.29 is 4.74 Å². The third-order valence-electron chi connectivity index (χ3n) is 3.73. The third kappa shape index (κ3) is 2.78. The molecule has 20 heavy (non-hydrogen) atoms. The van der Waals surface area contributed by atoms with Crippen molar-refractivity contribution in [1.82, 2.24) is 14.5 Å². The average molecular weight is 274 g/mol. The predicted octanol–water partition coefficient (Wildman–Crippen LogP) is 1.80. The van der Waals surface area contributed by atoms with Gasteiger partial charge in [0.25, 0.3) is 0 Å². The minimum atomic E-state index is 0.852. The number of anilines is 1. The molecule has 108 valence electrons. The molecule has 0 aliphatic carbocycles. The standard InChI is InChI=1S/C15H22N4O/c1-2-16-15-17-13-5-3-4-6-14(13)19(15)8-7-18-9-11-20-12-10-18/h3-6H,2,7-12H2,1H3,(H,16,17). The second-order valence-electron chi connectivity index (χ2n) is 5.06. The fraction of sp³-hybridized carbons (Fsp3) is 0.533. The van der Waals surface area contributed by atoms with E-state index in [1.54, 1.807) is 0 Å². The Balaban J connectivity index is 1.79. The first kappa shape index (κ1) is 13.4. The van der Waals surface area contributed by atoms with E-state index < -0.39 is 0 Å². The van der Waals surface area contributed by atoms with Gasteiger partial charge in [0.15, 0.2) is 0 Å². The molecule has 0 saturated carbocycles. The van der Waals surface area contributed by atoms with Crippen molar-refractivity contribution in [2.75, 3.05) is 44.7 Å². The van der Waals surface area contributed by atoms with Crippen LogP contribution in [0.4, 0.5) is 5.95 Å². The highest BCUT2D eigenvalue weighted by Crippen LogP contribution is 2.19. The lowest BCUT2D eigenvalue weighted by molar-refractivity contribution is 0.0366. The Morgan fingerprint density at radius 1 is 1.20 bits per heavy atom. The Morgan fingerprint density at radius 2 is 2.00 bits per heavy atom. The van der Waals surface area contributed by atoms with E-state index in [-0.39, 0.29) is 0 Å². The van der Waals surface area contributed by atoms with Gasteiger partial charge in [-0.2, -0.15) is 0 Å². The van der Waals surface area contributed by atoms with Crippen LogP contribution in [0.3, 0.4) is 0 Å². The van der Waals surface area contributed by atoms with Crippen LogP contribution in [0.5, 0.6) is 0 Å². The fourth-order valence-corrected chi connectivity index (χ4v) is 2.66. The number of imidazole rings is 1. The van der Waals surface area contributed by atoms with Crippen molar-refractivity contribution in [2.24, 2.45) is 0 Å². The van der Waals surface area contributed by atoms with Gasteiger partial charge < -0.3 is 14.6 Å². The average Bonchev–Trinajstić information content (AvgIpc) is 2.84. The summed E-state index contributed by atoms with van der Waals surface area (Å²) in [7, 11) is 0. The summed E-state index contributed by atoms with van der Waals surface area (Å²) in [6, 6.07) is 8.33. The molecule has 5 heteroatoms. The van der Waals surface area contributed by atoms with Crippen molar-refractivity contribution in [3.05, 3.63) is 24.3 Å². The number of nitrogens with one attached hydrogen (secondary N) is 1. The Kier molecular flexibility index (Phi) is 4.18. The van der Waals surface area contributed by atoms with Gasteiger partial charge in [0.05, 0.1) is 24.2 Å². The SMILES string of the molecule is CCNc1nc2ccccc2n1CCN1CCOCC1. The van der Waals surface area contributed by atoms with Gasteiger partial charge in [0.2, 0.25) is 5.95 Å². The van der Waals surface area contributed by atoms with Crippen molar-refractivity contribution in [3.63, 3.8) is 0 Å². The second-order valence-corrected chi connectivity index (χ2v) is 5.06. The maximum absolute atomic E-state index is 5.40. The summed E-state index contributed by atoms with van der Waals surface area (Å²) in [5.74, 6) is 0.974. The molecular formula is C15H22N4O. The maximum atomic E-state index is 5.40. The number of hydrogen-bond donors (Lipinski definition) is 1. The number of aromatic nitrogens is 2. The number of nitrogens with zero attached hydrogens (tertiary/aromatic N) is 3. The number of fused-ring (bicyclic) bond motifs is 1. The van der Waals surface area contributed by atoms with E-state index in [4.69, 9.17) is 4.74 Å². The van der Waals surface area contributed by atoms with Crippen LogP contribution in [0.25, 0.3) is 11.0 Å². The first-order chi connectivity index (χ1) is 9.88. The van der Waals surface area contributed by atoms with E-state index >= 15 is 0 Å². The minimum Gasteiger partial charge on any atom is -0.379 e. The Labute approximate surface area is 119 Å². The van der Waals surface area contributed by atoms with E-state index in [0.717, 1.165) is 57.4 Å². The van der Waals surface area contributed by atoms with Gasteiger partial charge in [-0.1, -0.05) is 12.1 Å². The smallest absolute Gasteiger partial charge is 0.203 e. The van der Waals surface area contributed by atoms with Gasteiger partial charge in [-0.15, -0.1) is 0 Å². The molecule has 0 spiro atoms. The monoisotopic (exact) mass is 274 g/mol. The van der Waals surface area contributed by atoms with Gasteiger partial charge in [0.1, 0.15) is 0 Å². The number of benzene rings is 1. The van der Waals surface area contributed by atoms with Gasteiger partial charge in [-0.05, 0) is 19.1 Å². The topological polar surface area (TPSA) is 42.3 Å². The molecule has 1 fully saturated rings. The molecule has 2 heterocycles. The van der Waals surface area contributed by atoms with Crippen molar-refractivity contribution >= 4 is 17.0 Å². The fourth-order valence-electron chi connectivity index (χ4n) is 2.66. The zero-order valence-corrected chi connectivity index (χ0v) is 12.0. The number of hydrogen-bond acceptors (Lipinski definition) is 4. The second kappa shape index (κ2) is 6.24. The van der Waals surface area contributed by atoms with Crippen LogP contribution in [-0.4, -0.2) is 53.8 Å². The molecule has 0 unspecified atom stereocenters. The molecule has 1 saturated heterocycles. The lowest BCUT2D eigenvalue weighted by Gasteiger charge is -2.26. The van der Waals surface area contributed by atoms with Gasteiger partial charge in [0, 0.05) is 32.7 Å². The molecule has 1 aromatic carbocycles. The number of ether oxygens (including phenoxy) is 1. The summed E-state index contributed by atoms with van der Waals surface area (Å²) in [6.07, 6.45) is 0. The van der Waals surface area contributed by atoms with Crippen LogP contribution >= 0.6 is 0 Å². The first-order valence-electron chi connectivity index (χ1n) is 7.37. The summed E-state index contributed by atoms with van der Waals surface area (Å²) in [5, 5.41) is 3.36. The summed E-state index contributed by atoms with van der Waals surface area (Å²) < 4.78 is 7.68. The quantitative estimate of drug-likeness (QED) is 0.903. The van der Waals surface area contributed by atoms with Crippen molar-refractivity contribution in [2.45, 2.75) is 13.5 Å². The van der Waals surface area contributed by atoms with Crippen molar-refractivity contribution in [3.8, 4) is 0 Å². The predicted molar refractivity (Wildman–Crippen MR) is 81.2 cm³/mol. The van der Waals surface area contributed by atoms with Gasteiger partial charge in [-0.25, -0.2) is 4.98 Å². The van der Waals surface area contributed by atoms with Crippen LogP contribution in [-0.2, 0) is 11.3 Å². The highest BCUT2D eigenvalue weighted by molar-refractivity contribution is 5.78. The van der Waals surface area contributed by atoms with E-state index in [2.05, 4.69) is 44.9 Å². The summed E-state index contributed by atoms with van der Waals surface area (Å²) in [6.45, 7) is 8.76. The molecule has 0 amide bonds. The van der Waals surface area contributed by atoms with Crippen LogP contribution < -0.4 is 5.32 Å². The normalized spacial score (nSPS) is 16.6. The Bertz CT molecular complexity index is 560. The zero-order valence-electron chi connectivity index (χ0n) is 12.0. The Hall–Kier alpha value is -1.59. The van der Waals surface area contributed by atoms with Crippen LogP contribution in [0.2, 0.25) is 0 Å². The highest BCUT2D eigenvalue weighted by Gasteiger charge is 2.13. The summed E-state index contributed by atoms with van der Waals surface area (Å²) in [5.41, 5.74) is 2.27. The third-order valence-corrected chi connectivity index (χ3v) is 3.73. The molecule has 5 nitrogen and oxygen atoms in total. The number of morpholine rings is 1. The van der Waals surface area contributed by atoms with Crippen LogP contribution in [0.15, 0.2) is 24.3 Å². The first-order valence-corrected chi connectivity index (χ1v) is 7.37. The molecule has 0 radical (unpaired) electrons.